The van der Waals surface area contributed by atoms with Gasteiger partial charge in [-0.05, 0) is 83.9 Å². The normalized spacial score (nSPS) is 12.0. The van der Waals surface area contributed by atoms with Gasteiger partial charge in [0, 0.05) is 60.3 Å². The SMILES string of the molecule is c1ccc(-c2nc(-c3cc(-c4ccccc4)c(-n4c5ccccc5c5c6oc7cc8c9ccccc9n(-c9ccccc9)c8cc7c6ccc54)c(-c4ccccc4)c3)c3oc4ccccc4c3n2)cc1. The van der Waals surface area contributed by atoms with Crippen molar-refractivity contribution in [2.24, 2.45) is 0 Å². The van der Waals surface area contributed by atoms with Crippen LogP contribution in [0, 0.1) is 0 Å². The van der Waals surface area contributed by atoms with Crippen molar-refractivity contribution in [1.82, 2.24) is 19.1 Å². The lowest BCUT2D eigenvalue weighted by molar-refractivity contribution is 0.667. The van der Waals surface area contributed by atoms with Gasteiger partial charge in [0.1, 0.15) is 28.0 Å². The van der Waals surface area contributed by atoms with E-state index in [0.29, 0.717) is 11.4 Å². The molecule has 0 saturated carbocycles. The van der Waals surface area contributed by atoms with Crippen molar-refractivity contribution in [3.05, 3.63) is 231 Å². The van der Waals surface area contributed by atoms with E-state index in [2.05, 4.69) is 203 Å². The first-order chi connectivity index (χ1) is 34.7. The van der Waals surface area contributed by atoms with Gasteiger partial charge in [-0.2, -0.15) is 0 Å². The summed E-state index contributed by atoms with van der Waals surface area (Å²) in [5.41, 5.74) is 17.4. The third-order valence-corrected chi connectivity index (χ3v) is 14.1. The molecule has 6 heteroatoms. The maximum atomic E-state index is 7.17. The molecule has 5 heterocycles. The topological polar surface area (TPSA) is 61.9 Å². The molecule has 0 spiro atoms. The van der Waals surface area contributed by atoms with Crippen LogP contribution in [0.4, 0.5) is 0 Å². The quantitative estimate of drug-likeness (QED) is 0.167. The summed E-state index contributed by atoms with van der Waals surface area (Å²) in [7, 11) is 0. The number of hydrogen-bond acceptors (Lipinski definition) is 4. The minimum atomic E-state index is 0.640. The van der Waals surface area contributed by atoms with E-state index in [9.17, 15) is 0 Å². The van der Waals surface area contributed by atoms with E-state index in [1.165, 1.54) is 10.9 Å². The highest BCUT2D eigenvalue weighted by molar-refractivity contribution is 6.26. The molecule has 326 valence electrons. The molecule has 0 aliphatic heterocycles. The predicted molar refractivity (Wildman–Crippen MR) is 287 cm³/mol. The molecule has 0 saturated heterocycles. The van der Waals surface area contributed by atoms with Gasteiger partial charge >= 0.3 is 0 Å². The van der Waals surface area contributed by atoms with Crippen LogP contribution in [0.5, 0.6) is 0 Å². The second kappa shape index (κ2) is 15.0. The first-order valence-corrected chi connectivity index (χ1v) is 23.6. The summed E-state index contributed by atoms with van der Waals surface area (Å²) >= 11 is 0. The maximum absolute atomic E-state index is 7.17. The zero-order chi connectivity index (χ0) is 45.9. The fourth-order valence-corrected chi connectivity index (χ4v) is 11.0. The maximum Gasteiger partial charge on any atom is 0.180 e. The number of rotatable bonds is 6. The zero-order valence-corrected chi connectivity index (χ0v) is 37.5. The average Bonchev–Trinajstić information content (AvgIpc) is 4.18. The van der Waals surface area contributed by atoms with Crippen LogP contribution in [0.25, 0.3) is 144 Å². The zero-order valence-electron chi connectivity index (χ0n) is 37.5. The van der Waals surface area contributed by atoms with Crippen molar-refractivity contribution in [1.29, 1.82) is 0 Å². The van der Waals surface area contributed by atoms with E-state index < -0.39 is 0 Å². The van der Waals surface area contributed by atoms with E-state index in [1.54, 1.807) is 0 Å². The fraction of sp³-hybridized carbons (Fsp3) is 0. The number of fused-ring (bicyclic) bond motifs is 13. The summed E-state index contributed by atoms with van der Waals surface area (Å²) in [6.07, 6.45) is 0. The van der Waals surface area contributed by atoms with Crippen molar-refractivity contribution in [2.75, 3.05) is 0 Å². The van der Waals surface area contributed by atoms with Crippen molar-refractivity contribution < 1.29 is 8.83 Å². The predicted octanol–water partition coefficient (Wildman–Crippen LogP) is 17.1. The number of furan rings is 2. The molecule has 0 radical (unpaired) electrons. The summed E-state index contributed by atoms with van der Waals surface area (Å²) in [5, 5.41) is 7.63. The second-order valence-corrected chi connectivity index (χ2v) is 18.0. The number of aromatic nitrogens is 4. The highest BCUT2D eigenvalue weighted by Crippen LogP contribution is 2.48. The van der Waals surface area contributed by atoms with E-state index in [1.807, 2.05) is 36.4 Å². The van der Waals surface area contributed by atoms with Crippen LogP contribution < -0.4 is 0 Å². The van der Waals surface area contributed by atoms with E-state index in [4.69, 9.17) is 18.8 Å². The smallest absolute Gasteiger partial charge is 0.180 e. The van der Waals surface area contributed by atoms with E-state index >= 15 is 0 Å². The molecule has 6 nitrogen and oxygen atoms in total. The Bertz CT molecular complexity index is 4510. The summed E-state index contributed by atoms with van der Waals surface area (Å²) in [4.78, 5) is 10.6. The minimum absolute atomic E-state index is 0.640. The summed E-state index contributed by atoms with van der Waals surface area (Å²) in [6, 6.07) is 81.4. The van der Waals surface area contributed by atoms with Crippen LogP contribution in [-0.4, -0.2) is 19.1 Å². The molecule has 10 aromatic carbocycles. The Morgan fingerprint density at radius 3 is 1.60 bits per heavy atom. The molecule has 15 aromatic rings. The molecule has 70 heavy (non-hydrogen) atoms. The van der Waals surface area contributed by atoms with Gasteiger partial charge in [0.15, 0.2) is 11.4 Å². The fourth-order valence-electron chi connectivity index (χ4n) is 11.0. The summed E-state index contributed by atoms with van der Waals surface area (Å²) < 4.78 is 18.7. The molecule has 0 N–H and O–H groups in total. The van der Waals surface area contributed by atoms with Gasteiger partial charge in [-0.1, -0.05) is 158 Å². The average molecular weight is 895 g/mol. The lowest BCUT2D eigenvalue weighted by atomic mass is 9.91. The van der Waals surface area contributed by atoms with Gasteiger partial charge in [0.2, 0.25) is 0 Å². The Morgan fingerprint density at radius 2 is 0.900 bits per heavy atom. The molecule has 15 rings (SSSR count). The van der Waals surface area contributed by atoms with Crippen LogP contribution in [0.3, 0.4) is 0 Å². The Morgan fingerprint density at radius 1 is 0.329 bits per heavy atom. The van der Waals surface area contributed by atoms with Crippen LogP contribution in [0.15, 0.2) is 239 Å². The standard InChI is InChI=1S/C64H38N4O2/c1-5-19-39(20-6-1)48-35-42(59-63-60(47-29-15-18-32-56(47)69-63)66-64(65-59)41-23-9-3-10-24-41)36-49(40-21-7-2-8-22-40)61(48)68-53-31-17-14-28-46(53)58-54(68)34-33-45-51-37-55-50(38-57(51)70-62(45)58)44-27-13-16-30-52(44)67(55)43-25-11-4-12-26-43/h1-38H. The highest BCUT2D eigenvalue weighted by atomic mass is 16.3. The van der Waals surface area contributed by atoms with E-state index in [-0.39, 0.29) is 0 Å². The molecular weight excluding hydrogens is 857 g/mol. The number of para-hydroxylation sites is 4. The molecule has 5 aromatic heterocycles. The monoisotopic (exact) mass is 894 g/mol. The Kier molecular flexibility index (Phi) is 8.26. The lowest BCUT2D eigenvalue weighted by Crippen LogP contribution is -2.02. The molecule has 0 fully saturated rings. The largest absolute Gasteiger partial charge is 0.455 e. The Labute approximate surface area is 400 Å². The highest BCUT2D eigenvalue weighted by Gasteiger charge is 2.27. The third-order valence-electron chi connectivity index (χ3n) is 14.1. The van der Waals surface area contributed by atoms with Crippen molar-refractivity contribution >= 4 is 87.6 Å². The van der Waals surface area contributed by atoms with Gasteiger partial charge in [0.05, 0.1) is 33.1 Å². The third kappa shape index (κ3) is 5.68. The molecule has 0 aliphatic carbocycles. The molecule has 0 atom stereocenters. The Hall–Kier alpha value is -9.52. The molecule has 0 amide bonds. The minimum Gasteiger partial charge on any atom is -0.455 e. The molecule has 0 aliphatic rings. The van der Waals surface area contributed by atoms with Gasteiger partial charge in [-0.3, -0.25) is 0 Å². The summed E-state index contributed by atoms with van der Waals surface area (Å²) in [5.74, 6) is 0.640. The lowest BCUT2D eigenvalue weighted by Gasteiger charge is -2.21. The van der Waals surface area contributed by atoms with Gasteiger partial charge in [-0.15, -0.1) is 0 Å². The van der Waals surface area contributed by atoms with Crippen LogP contribution in [0.2, 0.25) is 0 Å². The van der Waals surface area contributed by atoms with E-state index in [0.717, 1.165) is 122 Å². The molecule has 0 unspecified atom stereocenters. The Balaban J connectivity index is 1.04. The van der Waals surface area contributed by atoms with Crippen LogP contribution >= 0.6 is 0 Å². The van der Waals surface area contributed by atoms with Gasteiger partial charge in [-0.25, -0.2) is 9.97 Å². The number of nitrogens with zero attached hydrogens (tertiary/aromatic N) is 4. The van der Waals surface area contributed by atoms with Crippen LogP contribution in [0.1, 0.15) is 0 Å². The van der Waals surface area contributed by atoms with Gasteiger partial charge in [0.25, 0.3) is 0 Å². The first kappa shape index (κ1) is 38.6. The van der Waals surface area contributed by atoms with Crippen LogP contribution in [-0.2, 0) is 0 Å². The van der Waals surface area contributed by atoms with Crippen molar-refractivity contribution in [3.63, 3.8) is 0 Å². The second-order valence-electron chi connectivity index (χ2n) is 18.0. The van der Waals surface area contributed by atoms with Crippen molar-refractivity contribution in [2.45, 2.75) is 0 Å². The number of hydrogen-bond donors (Lipinski definition) is 0. The molecular formula is C64H38N4O2. The van der Waals surface area contributed by atoms with Gasteiger partial charge < -0.3 is 18.0 Å². The van der Waals surface area contributed by atoms with Crippen molar-refractivity contribution in [3.8, 4) is 56.3 Å². The molecule has 0 bridgehead atoms. The summed E-state index contributed by atoms with van der Waals surface area (Å²) in [6.45, 7) is 0. The number of benzene rings is 10. The first-order valence-electron chi connectivity index (χ1n) is 23.6.